The third-order valence-corrected chi connectivity index (χ3v) is 3.46. The highest BCUT2D eigenvalue weighted by molar-refractivity contribution is 5.81. The normalized spacial score (nSPS) is 16.9. The van der Waals surface area contributed by atoms with Crippen LogP contribution in [-0.2, 0) is 11.2 Å². The number of nitrogens with zero attached hydrogens (tertiary/aromatic N) is 1. The molecule has 1 aromatic carbocycles. The molecule has 1 aromatic rings. The molecule has 1 aliphatic heterocycles. The van der Waals surface area contributed by atoms with Crippen molar-refractivity contribution in [3.63, 3.8) is 0 Å². The number of carbonyl (C=O) groups is 1. The largest absolute Gasteiger partial charge is 0.384 e. The summed E-state index contributed by atoms with van der Waals surface area (Å²) in [5.41, 5.74) is 2.36. The fourth-order valence-corrected chi connectivity index (χ4v) is 2.52. The van der Waals surface area contributed by atoms with Gasteiger partial charge in [0, 0.05) is 18.8 Å². The minimum atomic E-state index is -0.00481. The van der Waals surface area contributed by atoms with Gasteiger partial charge in [-0.3, -0.25) is 4.79 Å². The predicted molar refractivity (Wildman–Crippen MR) is 77.8 cm³/mol. The fraction of sp³-hybridized carbons (Fsp3) is 0.438. The number of benzene rings is 1. The number of hydrogen-bond acceptors (Lipinski definition) is 2. The first-order valence-corrected chi connectivity index (χ1v) is 6.80. The van der Waals surface area contributed by atoms with E-state index in [-0.39, 0.29) is 11.8 Å². The Morgan fingerprint density at radius 1 is 1.53 bits per heavy atom. The zero-order chi connectivity index (χ0) is 13.7. The molecule has 0 fully saturated rings. The lowest BCUT2D eigenvalue weighted by molar-refractivity contribution is -0.134. The Bertz CT molecular complexity index is 490. The van der Waals surface area contributed by atoms with Crippen LogP contribution in [0.25, 0.3) is 0 Å². The van der Waals surface area contributed by atoms with Gasteiger partial charge in [-0.25, -0.2) is 0 Å². The van der Waals surface area contributed by atoms with E-state index in [1.165, 1.54) is 5.56 Å². The number of carbonyl (C=O) groups excluding carboxylic acids is 1. The number of nitrogens with one attached hydrogen (secondary N) is 1. The number of hydrogen-bond donors (Lipinski definition) is 1. The standard InChI is InChI=1S/C16H20N2O/c1-3-9-18(10-4-2)16(19)14-11-13-7-5-6-8-15(13)17-12-14/h1,5-8,14,17H,4,9-12H2,2H3. The molecule has 1 amide bonds. The van der Waals surface area contributed by atoms with Crippen LogP contribution in [0.3, 0.4) is 0 Å². The van der Waals surface area contributed by atoms with Crippen molar-refractivity contribution in [3.8, 4) is 12.3 Å². The molecule has 0 radical (unpaired) electrons. The van der Waals surface area contributed by atoms with Crippen molar-refractivity contribution in [1.29, 1.82) is 0 Å². The number of fused-ring (bicyclic) bond motifs is 1. The van der Waals surface area contributed by atoms with Crippen molar-refractivity contribution in [1.82, 2.24) is 4.90 Å². The number of rotatable bonds is 4. The van der Waals surface area contributed by atoms with E-state index in [4.69, 9.17) is 6.42 Å². The summed E-state index contributed by atoms with van der Waals surface area (Å²) in [6.07, 6.45) is 7.08. The van der Waals surface area contributed by atoms with E-state index in [9.17, 15) is 4.79 Å². The second-order valence-electron chi connectivity index (χ2n) is 4.90. The Morgan fingerprint density at radius 3 is 3.05 bits per heavy atom. The average Bonchev–Trinajstić information content (AvgIpc) is 2.46. The van der Waals surface area contributed by atoms with Crippen LogP contribution < -0.4 is 5.32 Å². The predicted octanol–water partition coefficient (Wildman–Crippen LogP) is 2.14. The summed E-state index contributed by atoms with van der Waals surface area (Å²) in [5.74, 6) is 2.74. The average molecular weight is 256 g/mol. The van der Waals surface area contributed by atoms with Crippen molar-refractivity contribution in [2.45, 2.75) is 19.8 Å². The summed E-state index contributed by atoms with van der Waals surface area (Å²) in [4.78, 5) is 14.3. The number of para-hydroxylation sites is 1. The molecular formula is C16H20N2O. The number of amides is 1. The van der Waals surface area contributed by atoms with Crippen LogP contribution in [0.2, 0.25) is 0 Å². The molecule has 0 spiro atoms. The van der Waals surface area contributed by atoms with E-state index >= 15 is 0 Å². The molecule has 2 rings (SSSR count). The molecule has 1 N–H and O–H groups in total. The highest BCUT2D eigenvalue weighted by Crippen LogP contribution is 2.25. The van der Waals surface area contributed by atoms with Gasteiger partial charge in [-0.15, -0.1) is 6.42 Å². The fourth-order valence-electron chi connectivity index (χ4n) is 2.52. The Hall–Kier alpha value is -1.95. The van der Waals surface area contributed by atoms with Crippen LogP contribution in [-0.4, -0.2) is 30.4 Å². The van der Waals surface area contributed by atoms with Crippen LogP contribution in [0.5, 0.6) is 0 Å². The van der Waals surface area contributed by atoms with Crippen LogP contribution in [0.1, 0.15) is 18.9 Å². The highest BCUT2D eigenvalue weighted by atomic mass is 16.2. The lowest BCUT2D eigenvalue weighted by atomic mass is 9.93. The lowest BCUT2D eigenvalue weighted by Gasteiger charge is -2.30. The van der Waals surface area contributed by atoms with E-state index in [0.29, 0.717) is 13.1 Å². The topological polar surface area (TPSA) is 32.3 Å². The van der Waals surface area contributed by atoms with Gasteiger partial charge in [-0.2, -0.15) is 0 Å². The van der Waals surface area contributed by atoms with Crippen molar-refractivity contribution >= 4 is 11.6 Å². The maximum absolute atomic E-state index is 12.5. The SMILES string of the molecule is C#CCN(CCC)C(=O)C1CNc2ccccc2C1. The van der Waals surface area contributed by atoms with E-state index in [1.807, 2.05) is 12.1 Å². The third kappa shape index (κ3) is 3.08. The van der Waals surface area contributed by atoms with Crippen molar-refractivity contribution in [3.05, 3.63) is 29.8 Å². The molecule has 0 saturated heterocycles. The first-order chi connectivity index (χ1) is 9.26. The van der Waals surface area contributed by atoms with Crippen molar-refractivity contribution in [2.75, 3.05) is 25.0 Å². The maximum atomic E-state index is 12.5. The van der Waals surface area contributed by atoms with Gasteiger partial charge in [-0.1, -0.05) is 31.0 Å². The summed E-state index contributed by atoms with van der Waals surface area (Å²) >= 11 is 0. The summed E-state index contributed by atoms with van der Waals surface area (Å²) in [5, 5.41) is 3.33. The second-order valence-corrected chi connectivity index (χ2v) is 4.90. The molecule has 1 unspecified atom stereocenters. The minimum absolute atomic E-state index is 0.00481. The summed E-state index contributed by atoms with van der Waals surface area (Å²) in [6.45, 7) is 3.90. The van der Waals surface area contributed by atoms with Gasteiger partial charge < -0.3 is 10.2 Å². The molecule has 0 bridgehead atoms. The highest BCUT2D eigenvalue weighted by Gasteiger charge is 2.27. The molecule has 1 heterocycles. The second kappa shape index (κ2) is 6.29. The van der Waals surface area contributed by atoms with E-state index in [2.05, 4.69) is 30.3 Å². The summed E-state index contributed by atoms with van der Waals surface area (Å²) in [6, 6.07) is 8.16. The first-order valence-electron chi connectivity index (χ1n) is 6.80. The molecule has 100 valence electrons. The molecule has 1 aliphatic rings. The molecule has 0 aromatic heterocycles. The molecule has 0 aliphatic carbocycles. The Labute approximate surface area is 115 Å². The Balaban J connectivity index is 2.07. The third-order valence-electron chi connectivity index (χ3n) is 3.46. The maximum Gasteiger partial charge on any atom is 0.228 e. The Kier molecular flexibility index (Phi) is 4.46. The van der Waals surface area contributed by atoms with E-state index in [0.717, 1.165) is 25.1 Å². The summed E-state index contributed by atoms with van der Waals surface area (Å²) < 4.78 is 0. The quantitative estimate of drug-likeness (QED) is 0.837. The van der Waals surface area contributed by atoms with Crippen LogP contribution >= 0.6 is 0 Å². The number of terminal acetylenes is 1. The minimum Gasteiger partial charge on any atom is -0.384 e. The Morgan fingerprint density at radius 2 is 2.32 bits per heavy atom. The van der Waals surface area contributed by atoms with E-state index in [1.54, 1.807) is 4.90 Å². The van der Waals surface area contributed by atoms with Crippen molar-refractivity contribution in [2.24, 2.45) is 5.92 Å². The summed E-state index contributed by atoms with van der Waals surface area (Å²) in [7, 11) is 0. The van der Waals surface area contributed by atoms with Gasteiger partial charge in [0.2, 0.25) is 5.91 Å². The molecule has 3 nitrogen and oxygen atoms in total. The molecule has 0 saturated carbocycles. The molecule has 1 atom stereocenters. The van der Waals surface area contributed by atoms with Gasteiger partial charge in [0.25, 0.3) is 0 Å². The van der Waals surface area contributed by atoms with Crippen LogP contribution in [0.15, 0.2) is 24.3 Å². The van der Waals surface area contributed by atoms with Crippen molar-refractivity contribution < 1.29 is 4.79 Å². The monoisotopic (exact) mass is 256 g/mol. The zero-order valence-corrected chi connectivity index (χ0v) is 11.4. The first kappa shape index (κ1) is 13.5. The van der Waals surface area contributed by atoms with Gasteiger partial charge in [0.05, 0.1) is 12.5 Å². The molecule has 3 heteroatoms. The number of anilines is 1. The van der Waals surface area contributed by atoms with Crippen LogP contribution in [0.4, 0.5) is 5.69 Å². The zero-order valence-electron chi connectivity index (χ0n) is 11.4. The van der Waals surface area contributed by atoms with Gasteiger partial charge in [-0.05, 0) is 24.5 Å². The van der Waals surface area contributed by atoms with Gasteiger partial charge in [0.15, 0.2) is 0 Å². The lowest BCUT2D eigenvalue weighted by Crippen LogP contribution is -2.42. The van der Waals surface area contributed by atoms with Gasteiger partial charge in [0.1, 0.15) is 0 Å². The van der Waals surface area contributed by atoms with Gasteiger partial charge >= 0.3 is 0 Å². The van der Waals surface area contributed by atoms with Crippen LogP contribution in [0, 0.1) is 18.3 Å². The molecular weight excluding hydrogens is 236 g/mol. The van der Waals surface area contributed by atoms with E-state index < -0.39 is 0 Å². The molecule has 19 heavy (non-hydrogen) atoms. The smallest absolute Gasteiger partial charge is 0.228 e.